The zero-order chi connectivity index (χ0) is 10.8. The van der Waals surface area contributed by atoms with Crippen LogP contribution in [0.5, 0.6) is 0 Å². The molecular weight excluding hydrogens is 196 g/mol. The van der Waals surface area contributed by atoms with Gasteiger partial charge in [-0.05, 0) is 25.9 Å². The van der Waals surface area contributed by atoms with E-state index in [1.165, 1.54) is 6.20 Å². The van der Waals surface area contributed by atoms with Crippen LogP contribution in [0.4, 0.5) is 0 Å². The number of hydrogen-bond acceptors (Lipinski definition) is 4. The third-order valence-electron chi connectivity index (χ3n) is 2.84. The van der Waals surface area contributed by atoms with Crippen molar-refractivity contribution < 1.29 is 14.4 Å². The van der Waals surface area contributed by atoms with Gasteiger partial charge in [0.2, 0.25) is 0 Å². The van der Waals surface area contributed by atoms with Crippen LogP contribution in [0.2, 0.25) is 0 Å². The van der Waals surface area contributed by atoms with Crippen molar-refractivity contribution in [3.8, 4) is 0 Å². The summed E-state index contributed by atoms with van der Waals surface area (Å²) in [7, 11) is 2.07. The number of aromatic nitrogens is 1. The van der Waals surface area contributed by atoms with Crippen molar-refractivity contribution in [2.45, 2.75) is 12.8 Å². The molecule has 1 aromatic rings. The second-order valence-corrected chi connectivity index (χ2v) is 4.09. The van der Waals surface area contributed by atoms with E-state index in [9.17, 15) is 4.79 Å². The van der Waals surface area contributed by atoms with Crippen LogP contribution in [0.25, 0.3) is 0 Å². The predicted octanol–water partition coefficient (Wildman–Crippen LogP) is 0.867. The van der Waals surface area contributed by atoms with E-state index in [1.54, 1.807) is 0 Å². The van der Waals surface area contributed by atoms with Crippen molar-refractivity contribution in [2.24, 2.45) is 5.92 Å². The molecule has 0 radical (unpaired) electrons. The highest BCUT2D eigenvalue weighted by Gasteiger charge is 2.24. The fourth-order valence-electron chi connectivity index (χ4n) is 2.04. The summed E-state index contributed by atoms with van der Waals surface area (Å²) in [5.41, 5.74) is 0.199. The van der Waals surface area contributed by atoms with Crippen LogP contribution < -0.4 is 0 Å². The van der Waals surface area contributed by atoms with Crippen LogP contribution in [-0.4, -0.2) is 41.3 Å². The summed E-state index contributed by atoms with van der Waals surface area (Å²) < 4.78 is 4.97. The van der Waals surface area contributed by atoms with Crippen LogP contribution in [0.1, 0.15) is 22.5 Å². The van der Waals surface area contributed by atoms with E-state index in [0.717, 1.165) is 19.5 Å². The Balaban J connectivity index is 2.04. The SMILES string of the molecule is CN1CCC(Cc2oncc2C(=O)O)C1. The van der Waals surface area contributed by atoms with Gasteiger partial charge in [0.15, 0.2) is 5.76 Å². The number of rotatable bonds is 3. The van der Waals surface area contributed by atoms with Gasteiger partial charge in [-0.15, -0.1) is 0 Å². The lowest BCUT2D eigenvalue weighted by atomic mass is 10.0. The Bertz CT molecular complexity index is 361. The minimum atomic E-state index is -0.961. The minimum Gasteiger partial charge on any atom is -0.478 e. The number of hydrogen-bond donors (Lipinski definition) is 1. The number of nitrogens with zero attached hydrogens (tertiary/aromatic N) is 2. The van der Waals surface area contributed by atoms with E-state index in [-0.39, 0.29) is 5.56 Å². The van der Waals surface area contributed by atoms with E-state index in [0.29, 0.717) is 18.1 Å². The van der Waals surface area contributed by atoms with Crippen LogP contribution in [-0.2, 0) is 6.42 Å². The highest BCUT2D eigenvalue weighted by atomic mass is 16.5. The molecule has 82 valence electrons. The summed E-state index contributed by atoms with van der Waals surface area (Å²) in [4.78, 5) is 13.0. The van der Waals surface area contributed by atoms with Gasteiger partial charge >= 0.3 is 5.97 Å². The lowest BCUT2D eigenvalue weighted by molar-refractivity contribution is 0.0694. The smallest absolute Gasteiger partial charge is 0.340 e. The van der Waals surface area contributed by atoms with E-state index < -0.39 is 5.97 Å². The number of carbonyl (C=O) groups is 1. The van der Waals surface area contributed by atoms with Crippen molar-refractivity contribution in [3.63, 3.8) is 0 Å². The summed E-state index contributed by atoms with van der Waals surface area (Å²) in [5, 5.41) is 12.4. The molecule has 1 aliphatic heterocycles. The normalized spacial score (nSPS) is 22.1. The van der Waals surface area contributed by atoms with Gasteiger partial charge in [-0.1, -0.05) is 5.16 Å². The van der Waals surface area contributed by atoms with Gasteiger partial charge in [0, 0.05) is 13.0 Å². The zero-order valence-electron chi connectivity index (χ0n) is 8.64. The van der Waals surface area contributed by atoms with Crippen molar-refractivity contribution in [3.05, 3.63) is 17.5 Å². The van der Waals surface area contributed by atoms with Crippen LogP contribution >= 0.6 is 0 Å². The molecule has 1 atom stereocenters. The van der Waals surface area contributed by atoms with Gasteiger partial charge in [0.1, 0.15) is 5.56 Å². The zero-order valence-corrected chi connectivity index (χ0v) is 8.64. The Morgan fingerprint density at radius 1 is 1.80 bits per heavy atom. The third-order valence-corrected chi connectivity index (χ3v) is 2.84. The highest BCUT2D eigenvalue weighted by Crippen LogP contribution is 2.21. The summed E-state index contributed by atoms with van der Waals surface area (Å²) in [6.07, 6.45) is 3.04. The van der Waals surface area contributed by atoms with Crippen LogP contribution in [0, 0.1) is 5.92 Å². The number of carboxylic acids is 1. The molecule has 1 aromatic heterocycles. The molecule has 1 aliphatic rings. The molecule has 0 amide bonds. The second-order valence-electron chi connectivity index (χ2n) is 4.09. The molecule has 0 aliphatic carbocycles. The average molecular weight is 210 g/mol. The summed E-state index contributed by atoms with van der Waals surface area (Å²) in [6, 6.07) is 0. The quantitative estimate of drug-likeness (QED) is 0.801. The molecule has 0 bridgehead atoms. The molecule has 1 N–H and O–H groups in total. The number of aromatic carboxylic acids is 1. The maximum absolute atomic E-state index is 10.8. The van der Waals surface area contributed by atoms with Crippen molar-refractivity contribution in [2.75, 3.05) is 20.1 Å². The van der Waals surface area contributed by atoms with E-state index in [2.05, 4.69) is 17.1 Å². The first-order valence-corrected chi connectivity index (χ1v) is 5.02. The average Bonchev–Trinajstić information content (AvgIpc) is 2.75. The fourth-order valence-corrected chi connectivity index (χ4v) is 2.04. The maximum Gasteiger partial charge on any atom is 0.340 e. The molecule has 0 spiro atoms. The molecule has 0 aromatic carbocycles. The highest BCUT2D eigenvalue weighted by molar-refractivity contribution is 5.88. The lowest BCUT2D eigenvalue weighted by Gasteiger charge is -2.08. The molecule has 1 unspecified atom stereocenters. The largest absolute Gasteiger partial charge is 0.478 e. The third kappa shape index (κ3) is 2.18. The Labute approximate surface area is 87.7 Å². The molecule has 0 saturated carbocycles. The fraction of sp³-hybridized carbons (Fsp3) is 0.600. The standard InChI is InChI=1S/C10H14N2O3/c1-12-3-2-7(6-12)4-9-8(10(13)14)5-11-15-9/h5,7H,2-4,6H2,1H3,(H,13,14). The molecule has 2 heterocycles. The summed E-state index contributed by atoms with van der Waals surface area (Å²) in [6.45, 7) is 2.07. The van der Waals surface area contributed by atoms with Crippen molar-refractivity contribution in [1.29, 1.82) is 0 Å². The van der Waals surface area contributed by atoms with Crippen molar-refractivity contribution in [1.82, 2.24) is 10.1 Å². The molecule has 1 fully saturated rings. The molecule has 5 heteroatoms. The van der Waals surface area contributed by atoms with E-state index >= 15 is 0 Å². The topological polar surface area (TPSA) is 66.6 Å². The van der Waals surface area contributed by atoms with Crippen molar-refractivity contribution >= 4 is 5.97 Å². The lowest BCUT2D eigenvalue weighted by Crippen LogP contribution is -2.15. The molecule has 5 nitrogen and oxygen atoms in total. The molecule has 1 saturated heterocycles. The Hall–Kier alpha value is -1.36. The van der Waals surface area contributed by atoms with Crippen LogP contribution in [0.15, 0.2) is 10.7 Å². The molecule has 15 heavy (non-hydrogen) atoms. The molecular formula is C10H14N2O3. The van der Waals surface area contributed by atoms with Gasteiger partial charge in [0.05, 0.1) is 6.20 Å². The first-order chi connectivity index (χ1) is 7.16. The predicted molar refractivity (Wildman–Crippen MR) is 52.8 cm³/mol. The van der Waals surface area contributed by atoms with Gasteiger partial charge in [-0.3, -0.25) is 0 Å². The molecule has 2 rings (SSSR count). The van der Waals surface area contributed by atoms with E-state index in [1.807, 2.05) is 0 Å². The Morgan fingerprint density at radius 3 is 3.20 bits per heavy atom. The monoisotopic (exact) mass is 210 g/mol. The first-order valence-electron chi connectivity index (χ1n) is 5.02. The summed E-state index contributed by atoms with van der Waals surface area (Å²) >= 11 is 0. The van der Waals surface area contributed by atoms with Gasteiger partial charge in [-0.25, -0.2) is 4.79 Å². The maximum atomic E-state index is 10.8. The number of likely N-dealkylation sites (tertiary alicyclic amines) is 1. The van der Waals surface area contributed by atoms with E-state index in [4.69, 9.17) is 9.63 Å². The minimum absolute atomic E-state index is 0.199. The first kappa shape index (κ1) is 10.2. The second kappa shape index (κ2) is 4.02. The number of carboxylic acid groups (broad SMARTS) is 1. The Morgan fingerprint density at radius 2 is 2.60 bits per heavy atom. The van der Waals surface area contributed by atoms with Gasteiger partial charge < -0.3 is 14.5 Å². The van der Waals surface area contributed by atoms with Crippen LogP contribution in [0.3, 0.4) is 0 Å². The summed E-state index contributed by atoms with van der Waals surface area (Å²) in [5.74, 6) is 0.0291. The van der Waals surface area contributed by atoms with Gasteiger partial charge in [0.25, 0.3) is 0 Å². The Kier molecular flexibility index (Phi) is 2.73. The van der Waals surface area contributed by atoms with Gasteiger partial charge in [-0.2, -0.15) is 0 Å².